The van der Waals surface area contributed by atoms with Crippen molar-refractivity contribution in [1.29, 1.82) is 0 Å². The van der Waals surface area contributed by atoms with Crippen molar-refractivity contribution in [2.75, 3.05) is 26.2 Å². The zero-order chi connectivity index (χ0) is 22.5. The predicted octanol–water partition coefficient (Wildman–Crippen LogP) is 1.54. The summed E-state index contributed by atoms with van der Waals surface area (Å²) >= 11 is 0. The molecular formula is C22H34N4O4. The van der Waals surface area contributed by atoms with Crippen molar-refractivity contribution >= 4 is 17.7 Å². The lowest BCUT2D eigenvalue weighted by Gasteiger charge is -2.41. The highest BCUT2D eigenvalue weighted by atomic mass is 16.5. The lowest BCUT2D eigenvalue weighted by atomic mass is 9.85. The van der Waals surface area contributed by atoms with Gasteiger partial charge in [0, 0.05) is 45.6 Å². The summed E-state index contributed by atoms with van der Waals surface area (Å²) in [6.07, 6.45) is -0.394. The summed E-state index contributed by atoms with van der Waals surface area (Å²) in [5, 5.41) is 11.0. The maximum absolute atomic E-state index is 13.2. The molecule has 1 fully saturated rings. The SMILES string of the molecule is Cc1ccc(CN2CCN(C(=O)[C@@H](N(O)C(=O)CCC(N)=O)C(C)(C)C)CC2)cc1. The minimum Gasteiger partial charge on any atom is -0.370 e. The Balaban J connectivity index is 1.99. The molecule has 8 nitrogen and oxygen atoms in total. The Kier molecular flexibility index (Phi) is 7.97. The van der Waals surface area contributed by atoms with Gasteiger partial charge >= 0.3 is 0 Å². The van der Waals surface area contributed by atoms with Gasteiger partial charge in [0.05, 0.1) is 0 Å². The second kappa shape index (κ2) is 10.0. The van der Waals surface area contributed by atoms with E-state index < -0.39 is 23.3 Å². The number of piperazine rings is 1. The Bertz CT molecular complexity index is 749. The molecule has 0 spiro atoms. The van der Waals surface area contributed by atoms with Gasteiger partial charge in [0.15, 0.2) is 0 Å². The van der Waals surface area contributed by atoms with E-state index in [0.717, 1.165) is 19.6 Å². The standard InChI is InChI=1S/C22H34N4O4/c1-16-5-7-17(8-6-16)15-24-11-13-25(14-12-24)21(29)20(22(2,3)4)26(30)19(28)10-9-18(23)27/h5-8,20,30H,9-15H2,1-4H3,(H2,23,27)/t20-/m1/s1. The smallest absolute Gasteiger partial charge is 0.248 e. The summed E-state index contributed by atoms with van der Waals surface area (Å²) in [6.45, 7) is 10.8. The summed E-state index contributed by atoms with van der Waals surface area (Å²) in [4.78, 5) is 40.4. The van der Waals surface area contributed by atoms with Crippen LogP contribution in [0.5, 0.6) is 0 Å². The van der Waals surface area contributed by atoms with Crippen molar-refractivity contribution in [3.8, 4) is 0 Å². The Morgan fingerprint density at radius 1 is 1.07 bits per heavy atom. The van der Waals surface area contributed by atoms with Crippen LogP contribution in [0, 0.1) is 12.3 Å². The lowest BCUT2D eigenvalue weighted by Crippen LogP contribution is -2.59. The molecule has 8 heteroatoms. The van der Waals surface area contributed by atoms with Crippen molar-refractivity contribution in [2.24, 2.45) is 11.1 Å². The van der Waals surface area contributed by atoms with Crippen LogP contribution in [0.4, 0.5) is 0 Å². The predicted molar refractivity (Wildman–Crippen MR) is 113 cm³/mol. The van der Waals surface area contributed by atoms with Gasteiger partial charge in [0.1, 0.15) is 6.04 Å². The molecule has 3 amide bonds. The molecule has 30 heavy (non-hydrogen) atoms. The molecule has 1 aromatic rings. The number of primary amides is 1. The highest BCUT2D eigenvalue weighted by molar-refractivity contribution is 5.89. The van der Waals surface area contributed by atoms with E-state index in [2.05, 4.69) is 36.1 Å². The van der Waals surface area contributed by atoms with Crippen molar-refractivity contribution in [3.05, 3.63) is 35.4 Å². The van der Waals surface area contributed by atoms with Gasteiger partial charge in [0.2, 0.25) is 17.7 Å². The number of nitrogens with zero attached hydrogens (tertiary/aromatic N) is 3. The molecule has 3 N–H and O–H groups in total. The minimum absolute atomic E-state index is 0.168. The summed E-state index contributed by atoms with van der Waals surface area (Å²) in [5.74, 6) is -1.59. The number of amides is 3. The largest absolute Gasteiger partial charge is 0.370 e. The van der Waals surface area contributed by atoms with Crippen LogP contribution < -0.4 is 5.73 Å². The molecule has 1 aliphatic rings. The van der Waals surface area contributed by atoms with Crippen LogP contribution in [-0.2, 0) is 20.9 Å². The van der Waals surface area contributed by atoms with Gasteiger partial charge in [0.25, 0.3) is 0 Å². The van der Waals surface area contributed by atoms with Gasteiger partial charge in [-0.05, 0) is 17.9 Å². The normalized spacial score (nSPS) is 16.2. The zero-order valence-electron chi connectivity index (χ0n) is 18.4. The van der Waals surface area contributed by atoms with Crippen LogP contribution in [0.3, 0.4) is 0 Å². The number of hydroxylamine groups is 2. The van der Waals surface area contributed by atoms with Crippen molar-refractivity contribution in [1.82, 2.24) is 14.9 Å². The minimum atomic E-state index is -1.03. The molecule has 0 unspecified atom stereocenters. The first-order valence-electron chi connectivity index (χ1n) is 10.3. The molecule has 0 bridgehead atoms. The monoisotopic (exact) mass is 418 g/mol. The quantitative estimate of drug-likeness (QED) is 0.516. The molecule has 166 valence electrons. The number of carbonyl (C=O) groups excluding carboxylic acids is 3. The van der Waals surface area contributed by atoms with E-state index in [-0.39, 0.29) is 18.7 Å². The van der Waals surface area contributed by atoms with E-state index in [1.54, 1.807) is 25.7 Å². The van der Waals surface area contributed by atoms with Gasteiger partial charge in [-0.3, -0.25) is 24.5 Å². The number of nitrogens with two attached hydrogens (primary N) is 1. The number of rotatable bonds is 7. The number of hydrogen-bond acceptors (Lipinski definition) is 5. The first-order chi connectivity index (χ1) is 14.0. The van der Waals surface area contributed by atoms with Gasteiger partial charge in [-0.15, -0.1) is 0 Å². The second-order valence-electron chi connectivity index (χ2n) is 9.06. The molecule has 0 aromatic heterocycles. The van der Waals surface area contributed by atoms with E-state index in [4.69, 9.17) is 5.73 Å². The van der Waals surface area contributed by atoms with Crippen molar-refractivity contribution in [2.45, 2.75) is 53.1 Å². The fraction of sp³-hybridized carbons (Fsp3) is 0.591. The van der Waals surface area contributed by atoms with Crippen molar-refractivity contribution in [3.63, 3.8) is 0 Å². The van der Waals surface area contributed by atoms with E-state index in [1.165, 1.54) is 11.1 Å². The van der Waals surface area contributed by atoms with Crippen LogP contribution in [0.25, 0.3) is 0 Å². The zero-order valence-corrected chi connectivity index (χ0v) is 18.4. The summed E-state index contributed by atoms with van der Waals surface area (Å²) in [7, 11) is 0. The third-order valence-corrected chi connectivity index (χ3v) is 5.35. The first kappa shape index (κ1) is 23.8. The van der Waals surface area contributed by atoms with E-state index in [1.807, 2.05) is 0 Å². The van der Waals surface area contributed by atoms with E-state index in [9.17, 15) is 19.6 Å². The molecular weight excluding hydrogens is 384 g/mol. The van der Waals surface area contributed by atoms with Crippen molar-refractivity contribution < 1.29 is 19.6 Å². The number of carbonyl (C=O) groups is 3. The molecule has 1 aromatic carbocycles. The highest BCUT2D eigenvalue weighted by Gasteiger charge is 2.41. The van der Waals surface area contributed by atoms with Gasteiger partial charge in [-0.1, -0.05) is 50.6 Å². The highest BCUT2D eigenvalue weighted by Crippen LogP contribution is 2.26. The molecule has 1 aliphatic heterocycles. The van der Waals surface area contributed by atoms with Gasteiger partial charge in [-0.2, -0.15) is 0 Å². The molecule has 1 atom stereocenters. The third kappa shape index (κ3) is 6.53. The lowest BCUT2D eigenvalue weighted by molar-refractivity contribution is -0.193. The Hall–Kier alpha value is -2.45. The van der Waals surface area contributed by atoms with Gasteiger partial charge < -0.3 is 10.6 Å². The number of hydrogen-bond donors (Lipinski definition) is 2. The fourth-order valence-electron chi connectivity index (χ4n) is 3.58. The molecule has 1 saturated heterocycles. The molecule has 0 radical (unpaired) electrons. The van der Waals surface area contributed by atoms with Crippen LogP contribution in [-0.4, -0.2) is 70.0 Å². The van der Waals surface area contributed by atoms with Gasteiger partial charge in [-0.25, -0.2) is 5.06 Å². The summed E-state index contributed by atoms with van der Waals surface area (Å²) in [6, 6.07) is 7.39. The van der Waals surface area contributed by atoms with Crippen LogP contribution in [0.2, 0.25) is 0 Å². The van der Waals surface area contributed by atoms with Crippen LogP contribution >= 0.6 is 0 Å². The molecule has 0 saturated carbocycles. The average molecular weight is 419 g/mol. The third-order valence-electron chi connectivity index (χ3n) is 5.35. The molecule has 1 heterocycles. The van der Waals surface area contributed by atoms with E-state index in [0.29, 0.717) is 18.2 Å². The molecule has 2 rings (SSSR count). The summed E-state index contributed by atoms with van der Waals surface area (Å²) < 4.78 is 0. The summed E-state index contributed by atoms with van der Waals surface area (Å²) in [5.41, 5.74) is 6.87. The maximum atomic E-state index is 13.2. The molecule has 0 aliphatic carbocycles. The number of aryl methyl sites for hydroxylation is 1. The number of benzene rings is 1. The Morgan fingerprint density at radius 2 is 1.63 bits per heavy atom. The topological polar surface area (TPSA) is 107 Å². The van der Waals surface area contributed by atoms with Crippen LogP contribution in [0.1, 0.15) is 44.7 Å². The Morgan fingerprint density at radius 3 is 2.13 bits per heavy atom. The average Bonchev–Trinajstić information content (AvgIpc) is 2.67. The second-order valence-corrected chi connectivity index (χ2v) is 9.06. The fourth-order valence-corrected chi connectivity index (χ4v) is 3.58. The first-order valence-corrected chi connectivity index (χ1v) is 10.3. The van der Waals surface area contributed by atoms with Crippen LogP contribution in [0.15, 0.2) is 24.3 Å². The Labute approximate surface area is 178 Å². The van der Waals surface area contributed by atoms with E-state index >= 15 is 0 Å². The maximum Gasteiger partial charge on any atom is 0.248 e.